The summed E-state index contributed by atoms with van der Waals surface area (Å²) in [7, 11) is 0. The zero-order valence-corrected chi connectivity index (χ0v) is 11.4. The smallest absolute Gasteiger partial charge is 0.0846 e. The first-order chi connectivity index (χ1) is 9.27. The van der Waals surface area contributed by atoms with Gasteiger partial charge in [-0.1, -0.05) is 41.9 Å². The number of fused-ring (bicyclic) bond motifs is 1. The number of aliphatic hydroxyl groups excluding tert-OH is 1. The Balaban J connectivity index is 2.02. The number of ether oxygens (including phenoxy) is 1. The van der Waals surface area contributed by atoms with Gasteiger partial charge in [0.25, 0.3) is 0 Å². The van der Waals surface area contributed by atoms with E-state index in [4.69, 9.17) is 16.3 Å². The molecule has 19 heavy (non-hydrogen) atoms. The van der Waals surface area contributed by atoms with Crippen LogP contribution in [0.3, 0.4) is 0 Å². The van der Waals surface area contributed by atoms with E-state index in [1.807, 2.05) is 36.4 Å². The molecule has 2 unspecified atom stereocenters. The van der Waals surface area contributed by atoms with E-state index in [9.17, 15) is 5.11 Å². The highest BCUT2D eigenvalue weighted by molar-refractivity contribution is 6.35. The molecule has 1 N–H and O–H groups in total. The molecular formula is C16H17ClO2. The predicted molar refractivity (Wildman–Crippen MR) is 77.5 cm³/mol. The maximum Gasteiger partial charge on any atom is 0.0846 e. The minimum absolute atomic E-state index is 0.179. The van der Waals surface area contributed by atoms with Crippen LogP contribution in [-0.4, -0.2) is 18.3 Å². The van der Waals surface area contributed by atoms with Crippen molar-refractivity contribution in [3.05, 3.63) is 47.0 Å². The van der Waals surface area contributed by atoms with Crippen LogP contribution < -0.4 is 0 Å². The molecule has 1 aliphatic rings. The molecular weight excluding hydrogens is 260 g/mol. The van der Waals surface area contributed by atoms with Gasteiger partial charge in [-0.3, -0.25) is 0 Å². The zero-order chi connectivity index (χ0) is 13.2. The average Bonchev–Trinajstić information content (AvgIpc) is 2.48. The number of rotatable bonds is 2. The molecule has 3 rings (SSSR count). The molecule has 1 saturated heterocycles. The second-order valence-electron chi connectivity index (χ2n) is 5.10. The summed E-state index contributed by atoms with van der Waals surface area (Å²) in [5, 5.41) is 13.4. The number of benzene rings is 2. The van der Waals surface area contributed by atoms with Crippen molar-refractivity contribution < 1.29 is 9.84 Å². The zero-order valence-electron chi connectivity index (χ0n) is 10.7. The lowest BCUT2D eigenvalue weighted by molar-refractivity contribution is -0.00942. The van der Waals surface area contributed by atoms with E-state index in [0.717, 1.165) is 40.8 Å². The highest BCUT2D eigenvalue weighted by atomic mass is 35.5. The minimum Gasteiger partial charge on any atom is -0.388 e. The van der Waals surface area contributed by atoms with E-state index in [2.05, 4.69) is 0 Å². The Bertz CT molecular complexity index is 576. The summed E-state index contributed by atoms with van der Waals surface area (Å²) in [5.41, 5.74) is 0.954. The lowest BCUT2D eigenvalue weighted by Crippen LogP contribution is -2.23. The van der Waals surface area contributed by atoms with Crippen LogP contribution in [-0.2, 0) is 4.74 Å². The molecule has 1 aliphatic heterocycles. The van der Waals surface area contributed by atoms with Crippen molar-refractivity contribution in [1.29, 1.82) is 0 Å². The molecule has 0 spiro atoms. The minimum atomic E-state index is -0.484. The van der Waals surface area contributed by atoms with Crippen molar-refractivity contribution in [3.63, 3.8) is 0 Å². The fraction of sp³-hybridized carbons (Fsp3) is 0.375. The summed E-state index contributed by atoms with van der Waals surface area (Å²) >= 11 is 6.21. The van der Waals surface area contributed by atoms with Crippen LogP contribution in [0.25, 0.3) is 10.8 Å². The third-order valence-electron chi connectivity index (χ3n) is 3.87. The van der Waals surface area contributed by atoms with Crippen LogP contribution in [0.1, 0.15) is 24.5 Å². The second kappa shape index (κ2) is 5.49. The molecule has 1 fully saturated rings. The lowest BCUT2D eigenvalue weighted by Gasteiger charge is -2.27. The molecule has 2 atom stereocenters. The average molecular weight is 277 g/mol. The molecule has 2 aromatic carbocycles. The van der Waals surface area contributed by atoms with Crippen molar-refractivity contribution in [2.45, 2.75) is 18.9 Å². The summed E-state index contributed by atoms with van der Waals surface area (Å²) in [4.78, 5) is 0. The Morgan fingerprint density at radius 3 is 2.68 bits per heavy atom. The Hall–Kier alpha value is -1.09. The quantitative estimate of drug-likeness (QED) is 0.900. The van der Waals surface area contributed by atoms with Crippen molar-refractivity contribution >= 4 is 22.4 Å². The molecule has 0 saturated carbocycles. The van der Waals surface area contributed by atoms with Crippen molar-refractivity contribution in [2.24, 2.45) is 5.92 Å². The van der Waals surface area contributed by atoms with Crippen LogP contribution in [0.15, 0.2) is 36.4 Å². The SMILES string of the molecule is OC(c1ccc(Cl)c2ccccc12)C1CCCOC1. The van der Waals surface area contributed by atoms with Crippen LogP contribution in [0.5, 0.6) is 0 Å². The Kier molecular flexibility index (Phi) is 3.74. The van der Waals surface area contributed by atoms with Gasteiger partial charge in [0.1, 0.15) is 0 Å². The molecule has 0 bridgehead atoms. The number of aliphatic hydroxyl groups is 1. The van der Waals surface area contributed by atoms with Gasteiger partial charge >= 0.3 is 0 Å². The van der Waals surface area contributed by atoms with Gasteiger partial charge in [-0.05, 0) is 29.9 Å². The van der Waals surface area contributed by atoms with Gasteiger partial charge in [-0.25, -0.2) is 0 Å². The van der Waals surface area contributed by atoms with Crippen molar-refractivity contribution in [2.75, 3.05) is 13.2 Å². The molecule has 2 aromatic rings. The third-order valence-corrected chi connectivity index (χ3v) is 4.19. The first-order valence-corrected chi connectivity index (χ1v) is 7.08. The standard InChI is InChI=1S/C16H17ClO2/c17-15-8-7-14(12-5-1-2-6-13(12)15)16(18)11-4-3-9-19-10-11/h1-2,5-8,11,16,18H,3-4,9-10H2. The van der Waals surface area contributed by atoms with Gasteiger partial charge < -0.3 is 9.84 Å². The molecule has 3 heteroatoms. The van der Waals surface area contributed by atoms with Gasteiger partial charge in [0, 0.05) is 22.9 Å². The molecule has 1 heterocycles. The van der Waals surface area contributed by atoms with Gasteiger partial charge in [-0.2, -0.15) is 0 Å². The van der Waals surface area contributed by atoms with E-state index in [1.54, 1.807) is 0 Å². The second-order valence-corrected chi connectivity index (χ2v) is 5.51. The first-order valence-electron chi connectivity index (χ1n) is 6.70. The molecule has 0 radical (unpaired) electrons. The van der Waals surface area contributed by atoms with Crippen LogP contribution in [0.4, 0.5) is 0 Å². The van der Waals surface area contributed by atoms with E-state index >= 15 is 0 Å². The summed E-state index contributed by atoms with van der Waals surface area (Å²) < 4.78 is 5.47. The number of halogens is 1. The maximum atomic E-state index is 10.6. The topological polar surface area (TPSA) is 29.5 Å². The Labute approximate surface area is 118 Å². The fourth-order valence-electron chi connectivity index (χ4n) is 2.81. The van der Waals surface area contributed by atoms with E-state index < -0.39 is 6.10 Å². The lowest BCUT2D eigenvalue weighted by atomic mass is 9.88. The normalized spacial score (nSPS) is 21.5. The third kappa shape index (κ3) is 2.48. The summed E-state index contributed by atoms with van der Waals surface area (Å²) in [6.45, 7) is 1.45. The molecule has 2 nitrogen and oxygen atoms in total. The fourth-order valence-corrected chi connectivity index (χ4v) is 3.04. The van der Waals surface area contributed by atoms with Crippen LogP contribution in [0.2, 0.25) is 5.02 Å². The first kappa shape index (κ1) is 12.9. The molecule has 0 amide bonds. The highest BCUT2D eigenvalue weighted by Crippen LogP contribution is 2.35. The van der Waals surface area contributed by atoms with E-state index in [1.165, 1.54) is 0 Å². The largest absolute Gasteiger partial charge is 0.388 e. The molecule has 0 aliphatic carbocycles. The van der Waals surface area contributed by atoms with Crippen molar-refractivity contribution in [1.82, 2.24) is 0 Å². The van der Waals surface area contributed by atoms with E-state index in [0.29, 0.717) is 6.61 Å². The molecule has 100 valence electrons. The van der Waals surface area contributed by atoms with Crippen LogP contribution >= 0.6 is 11.6 Å². The van der Waals surface area contributed by atoms with Gasteiger partial charge in [0.2, 0.25) is 0 Å². The maximum absolute atomic E-state index is 10.6. The van der Waals surface area contributed by atoms with Gasteiger partial charge in [-0.15, -0.1) is 0 Å². The predicted octanol–water partition coefficient (Wildman–Crippen LogP) is 3.95. The summed E-state index contributed by atoms with van der Waals surface area (Å²) in [6.07, 6.45) is 1.55. The number of hydrogen-bond donors (Lipinski definition) is 1. The number of hydrogen-bond acceptors (Lipinski definition) is 2. The summed E-state index contributed by atoms with van der Waals surface area (Å²) in [5.74, 6) is 0.179. The Morgan fingerprint density at radius 1 is 1.16 bits per heavy atom. The highest BCUT2D eigenvalue weighted by Gasteiger charge is 2.25. The summed E-state index contributed by atoms with van der Waals surface area (Å²) in [6, 6.07) is 11.8. The monoisotopic (exact) mass is 276 g/mol. The van der Waals surface area contributed by atoms with Crippen molar-refractivity contribution in [3.8, 4) is 0 Å². The van der Waals surface area contributed by atoms with Gasteiger partial charge in [0.05, 0.1) is 12.7 Å². The Morgan fingerprint density at radius 2 is 1.95 bits per heavy atom. The van der Waals surface area contributed by atoms with E-state index in [-0.39, 0.29) is 5.92 Å². The molecule has 0 aromatic heterocycles. The van der Waals surface area contributed by atoms with Crippen LogP contribution in [0, 0.1) is 5.92 Å². The van der Waals surface area contributed by atoms with Gasteiger partial charge in [0.15, 0.2) is 0 Å².